The zero-order chi connectivity index (χ0) is 4.50. The van der Waals surface area contributed by atoms with Crippen LogP contribution >= 0.6 is 0 Å². The van der Waals surface area contributed by atoms with Gasteiger partial charge in [-0.05, 0) is 0 Å². The van der Waals surface area contributed by atoms with Crippen LogP contribution in [0.25, 0.3) is 0 Å². The Bertz CT molecular complexity index is 100. The second kappa shape index (κ2) is 6.08. The minimum Gasteiger partial charge on any atom is -1.00 e. The minimum atomic E-state index is -3.83. The van der Waals surface area contributed by atoms with Crippen molar-refractivity contribution in [1.82, 2.24) is 0 Å². The van der Waals surface area contributed by atoms with Crippen LogP contribution in [0.5, 0.6) is 0 Å². The van der Waals surface area contributed by atoms with E-state index in [2.05, 4.69) is 11.2 Å². The summed E-state index contributed by atoms with van der Waals surface area (Å²) in [7, 11) is -3.83. The molecule has 7 heavy (non-hydrogen) atoms. The molecule has 0 amide bonds. The molecule has 0 aliphatic heterocycles. The Kier molecular flexibility index (Phi) is 13.9. The number of hydrogen-bond donors (Lipinski definition) is 2. The zero-order valence-electron chi connectivity index (χ0n) is 4.44. The molecule has 0 rings (SSSR count). The van der Waals surface area contributed by atoms with E-state index < -0.39 is 9.05 Å². The van der Waals surface area contributed by atoms with Crippen LogP contribution in [-0.2, 0) is 40.7 Å². The van der Waals surface area contributed by atoms with Crippen molar-refractivity contribution in [3.8, 4) is 0 Å². The van der Waals surface area contributed by atoms with E-state index in [1.54, 1.807) is 0 Å². The molecule has 0 aromatic rings. The molecule has 2 N–H and O–H groups in total. The first-order chi connectivity index (χ1) is 2.00. The molecule has 3 nitrogen and oxygen atoms in total. The van der Waals surface area contributed by atoms with Gasteiger partial charge in [-0.25, -0.2) is 0 Å². The largest absolute Gasteiger partial charge is 1.00 e. The fourth-order valence-corrected chi connectivity index (χ4v) is 0. The molecule has 0 unspecified atom stereocenters. The third-order valence-corrected chi connectivity index (χ3v) is 0. The van der Waals surface area contributed by atoms with Crippen molar-refractivity contribution in [3.05, 3.63) is 0 Å². The summed E-state index contributed by atoms with van der Waals surface area (Å²) in [5.74, 6) is 0. The van der Waals surface area contributed by atoms with Gasteiger partial charge < -0.3 is 1.43 Å². The monoisotopic (exact) mass is 244 g/mol. The molecule has 7 heteroatoms. The van der Waals surface area contributed by atoms with E-state index >= 15 is 0 Å². The van der Waals surface area contributed by atoms with E-state index in [0.717, 1.165) is 0 Å². The maximum Gasteiger partial charge on any atom is 1.00 e. The van der Waals surface area contributed by atoms with Crippen molar-refractivity contribution in [3.63, 3.8) is 0 Å². The van der Waals surface area contributed by atoms with Crippen molar-refractivity contribution >= 4 is 20.2 Å². The summed E-state index contributed by atoms with van der Waals surface area (Å²) in [6, 6.07) is 0. The number of hydrogen-bond acceptors (Lipinski definition) is 2. The van der Waals surface area contributed by atoms with Crippen LogP contribution in [0.15, 0.2) is 0 Å². The van der Waals surface area contributed by atoms with Gasteiger partial charge in [-0.15, -0.1) is 0 Å². The van der Waals surface area contributed by atoms with E-state index in [0.29, 0.717) is 0 Å². The van der Waals surface area contributed by atoms with E-state index in [9.17, 15) is 0 Å². The standard InChI is InChI=1S/Na.H2O3S2.Pd.H/c;1-5(2,3)4;;/h;(H2,1,2,3,4);;/q+1;;;-1. The molecule has 0 aromatic heterocycles. The van der Waals surface area contributed by atoms with Crippen LogP contribution in [0.1, 0.15) is 1.43 Å². The summed E-state index contributed by atoms with van der Waals surface area (Å²) >= 11 is 3.47. The molecule has 0 heterocycles. The van der Waals surface area contributed by atoms with E-state index in [4.69, 9.17) is 13.3 Å². The molecule has 0 bridgehead atoms. The van der Waals surface area contributed by atoms with Crippen molar-refractivity contribution in [1.29, 1.82) is 0 Å². The topological polar surface area (TPSA) is 57.5 Å². The molecule has 0 saturated heterocycles. The normalized spacial score (nSPS) is 8.29. The van der Waals surface area contributed by atoms with Gasteiger partial charge in [0.15, 0.2) is 0 Å². The first-order valence-corrected chi connectivity index (χ1v) is 3.10. The van der Waals surface area contributed by atoms with Crippen LogP contribution in [0.2, 0.25) is 0 Å². The van der Waals surface area contributed by atoms with Gasteiger partial charge in [0, 0.05) is 31.6 Å². The third-order valence-electron chi connectivity index (χ3n) is 0. The maximum atomic E-state index is 9.11. The Morgan fingerprint density at radius 2 is 1.57 bits per heavy atom. The minimum absolute atomic E-state index is 0. The summed E-state index contributed by atoms with van der Waals surface area (Å²) in [6.07, 6.45) is 0. The van der Waals surface area contributed by atoms with Crippen LogP contribution in [0.4, 0.5) is 0 Å². The average Bonchev–Trinajstić information content (AvgIpc) is 0.722. The molecule has 0 radical (unpaired) electrons. The van der Waals surface area contributed by atoms with Crippen molar-refractivity contribution in [2.45, 2.75) is 0 Å². The van der Waals surface area contributed by atoms with Gasteiger partial charge >= 0.3 is 29.6 Å². The van der Waals surface area contributed by atoms with Crippen molar-refractivity contribution < 1.29 is 64.7 Å². The smallest absolute Gasteiger partial charge is 1.00 e. The average molecular weight is 245 g/mol. The molecule has 44 valence electrons. The molecule has 0 aliphatic rings. The summed E-state index contributed by atoms with van der Waals surface area (Å²) < 4.78 is 24.0. The predicted molar refractivity (Wildman–Crippen MR) is 21.9 cm³/mol. The molecule has 0 fully saturated rings. The van der Waals surface area contributed by atoms with Gasteiger partial charge in [-0.1, -0.05) is 0 Å². The van der Waals surface area contributed by atoms with Gasteiger partial charge in [-0.2, -0.15) is 4.21 Å². The molecular formula is H3NaO3PdS2. The van der Waals surface area contributed by atoms with Gasteiger partial charge in [0.2, 0.25) is 0 Å². The van der Waals surface area contributed by atoms with Gasteiger partial charge in [0.05, 0.1) is 0 Å². The first-order valence-electron chi connectivity index (χ1n) is 0.698. The Balaban J connectivity index is -0.0000000267. The summed E-state index contributed by atoms with van der Waals surface area (Å²) in [6.45, 7) is 0. The second-order valence-electron chi connectivity index (χ2n) is 0.448. The third kappa shape index (κ3) is 73.9. The molecule has 0 saturated carbocycles. The SMILES string of the molecule is O=S(O)(O)=S.[H-].[Na+].[Pd]. The quantitative estimate of drug-likeness (QED) is 0.441. The fourth-order valence-electron chi connectivity index (χ4n) is 0. The van der Waals surface area contributed by atoms with Gasteiger partial charge in [-0.3, -0.25) is 9.11 Å². The van der Waals surface area contributed by atoms with Crippen molar-refractivity contribution in [2.24, 2.45) is 0 Å². The molecule has 0 spiro atoms. The first kappa shape index (κ1) is 16.0. The Labute approximate surface area is 84.0 Å². The van der Waals surface area contributed by atoms with Gasteiger partial charge in [0.25, 0.3) is 9.05 Å². The summed E-state index contributed by atoms with van der Waals surface area (Å²) in [4.78, 5) is 0. The Morgan fingerprint density at radius 3 is 1.57 bits per heavy atom. The van der Waals surface area contributed by atoms with Crippen molar-refractivity contribution in [2.75, 3.05) is 0 Å². The molecule has 0 atom stereocenters. The Hall–Kier alpha value is 1.95. The van der Waals surface area contributed by atoms with E-state index in [-0.39, 0.29) is 51.4 Å². The molecular weight excluding hydrogens is 242 g/mol. The number of rotatable bonds is 0. The fraction of sp³-hybridized carbons (Fsp3) is 0. The maximum absolute atomic E-state index is 9.11. The van der Waals surface area contributed by atoms with Gasteiger partial charge in [0.1, 0.15) is 0 Å². The van der Waals surface area contributed by atoms with Crippen LogP contribution in [-0.4, -0.2) is 13.3 Å². The zero-order valence-corrected chi connectivity index (χ0v) is 8.62. The van der Waals surface area contributed by atoms with Crippen LogP contribution < -0.4 is 29.6 Å². The molecule has 0 aliphatic carbocycles. The van der Waals surface area contributed by atoms with Crippen LogP contribution in [0.3, 0.4) is 0 Å². The summed E-state index contributed by atoms with van der Waals surface area (Å²) in [5, 5.41) is 0. The Morgan fingerprint density at radius 1 is 1.57 bits per heavy atom. The van der Waals surface area contributed by atoms with E-state index in [1.807, 2.05) is 0 Å². The summed E-state index contributed by atoms with van der Waals surface area (Å²) in [5.41, 5.74) is 0. The van der Waals surface area contributed by atoms with Crippen LogP contribution in [0, 0.1) is 0 Å². The second-order valence-corrected chi connectivity index (χ2v) is 2.65. The van der Waals surface area contributed by atoms with E-state index in [1.165, 1.54) is 0 Å². The predicted octanol–water partition coefficient (Wildman–Crippen LogP) is -3.21. The molecule has 0 aromatic carbocycles.